The van der Waals surface area contributed by atoms with Crippen LogP contribution in [0.25, 0.3) is 33.7 Å². The second-order valence-electron chi connectivity index (χ2n) is 9.49. The van der Waals surface area contributed by atoms with Crippen LogP contribution in [-0.2, 0) is 14.0 Å². The van der Waals surface area contributed by atoms with Gasteiger partial charge in [-0.2, -0.15) is 4.98 Å². The summed E-state index contributed by atoms with van der Waals surface area (Å²) in [5.74, 6) is 0.419. The van der Waals surface area contributed by atoms with Crippen LogP contribution in [-0.4, -0.2) is 46.0 Å². The SMILES string of the molecule is CCOC(=O)c1ccc(-c2noc(-c3cnc4cc(B5OC(C)(C)C(C)(C)O5)ccc4c3)n2)cc1. The van der Waals surface area contributed by atoms with Gasteiger partial charge in [-0.05, 0) is 64.3 Å². The smallest absolute Gasteiger partial charge is 0.462 e. The highest BCUT2D eigenvalue weighted by molar-refractivity contribution is 6.62. The maximum absolute atomic E-state index is 11.8. The average molecular weight is 471 g/mol. The second kappa shape index (κ2) is 8.59. The van der Waals surface area contributed by atoms with Crippen LogP contribution in [0.3, 0.4) is 0 Å². The van der Waals surface area contributed by atoms with E-state index in [0.717, 1.165) is 21.9 Å². The highest BCUT2D eigenvalue weighted by Gasteiger charge is 2.51. The number of ether oxygens (including phenoxy) is 1. The summed E-state index contributed by atoms with van der Waals surface area (Å²) in [5.41, 5.74) is 2.84. The molecule has 1 aliphatic rings. The lowest BCUT2D eigenvalue weighted by Gasteiger charge is -2.32. The first-order chi connectivity index (χ1) is 16.7. The van der Waals surface area contributed by atoms with E-state index in [9.17, 15) is 4.79 Å². The molecule has 1 aliphatic heterocycles. The fourth-order valence-electron chi connectivity index (χ4n) is 3.81. The molecule has 1 fully saturated rings. The van der Waals surface area contributed by atoms with Gasteiger partial charge in [0.1, 0.15) is 0 Å². The molecule has 2 aromatic carbocycles. The minimum absolute atomic E-state index is 0.328. The van der Waals surface area contributed by atoms with Gasteiger partial charge in [-0.3, -0.25) is 4.98 Å². The Hall–Kier alpha value is -3.56. The standard InChI is InChI=1S/C26H26BN3O5/c1-6-32-24(31)17-9-7-16(8-10-17)22-29-23(33-30-22)19-13-18-11-12-20(14-21(18)28-15-19)27-34-25(2,3)26(4,5)35-27/h7-15H,6H2,1-5H3. The summed E-state index contributed by atoms with van der Waals surface area (Å²) in [4.78, 5) is 21.0. The monoisotopic (exact) mass is 471 g/mol. The van der Waals surface area contributed by atoms with Gasteiger partial charge in [0.25, 0.3) is 5.89 Å². The number of hydrogen-bond donors (Lipinski definition) is 0. The number of benzene rings is 2. The van der Waals surface area contributed by atoms with Crippen molar-refractivity contribution in [1.82, 2.24) is 15.1 Å². The van der Waals surface area contributed by atoms with Gasteiger partial charge in [0.15, 0.2) is 0 Å². The third kappa shape index (κ3) is 4.33. The van der Waals surface area contributed by atoms with Crippen molar-refractivity contribution in [1.29, 1.82) is 0 Å². The maximum Gasteiger partial charge on any atom is 0.494 e. The highest BCUT2D eigenvalue weighted by Crippen LogP contribution is 2.36. The van der Waals surface area contributed by atoms with E-state index in [4.69, 9.17) is 18.6 Å². The van der Waals surface area contributed by atoms with E-state index in [-0.39, 0.29) is 5.97 Å². The van der Waals surface area contributed by atoms with Crippen LogP contribution in [0.4, 0.5) is 0 Å². The van der Waals surface area contributed by atoms with Gasteiger partial charge in [0.2, 0.25) is 5.82 Å². The lowest BCUT2D eigenvalue weighted by molar-refractivity contribution is 0.00578. The molecule has 0 amide bonds. The fourth-order valence-corrected chi connectivity index (χ4v) is 3.81. The number of hydrogen-bond acceptors (Lipinski definition) is 8. The highest BCUT2D eigenvalue weighted by atomic mass is 16.7. The van der Waals surface area contributed by atoms with E-state index in [1.54, 1.807) is 37.4 Å². The number of nitrogens with zero attached hydrogens (tertiary/aromatic N) is 3. The van der Waals surface area contributed by atoms with Crippen molar-refractivity contribution in [3.63, 3.8) is 0 Å². The molecule has 1 saturated heterocycles. The normalized spacial score (nSPS) is 16.5. The summed E-state index contributed by atoms with van der Waals surface area (Å²) in [5, 5.41) is 5.02. The van der Waals surface area contributed by atoms with Crippen molar-refractivity contribution < 1.29 is 23.4 Å². The molecule has 2 aromatic heterocycles. The molecule has 0 unspecified atom stereocenters. The molecule has 5 rings (SSSR count). The zero-order chi connectivity index (χ0) is 24.8. The molecular formula is C26H26BN3O5. The zero-order valence-electron chi connectivity index (χ0n) is 20.4. The number of carbonyl (C=O) groups excluding carboxylic acids is 1. The van der Waals surface area contributed by atoms with E-state index in [1.165, 1.54) is 0 Å². The molecule has 0 spiro atoms. The van der Waals surface area contributed by atoms with Gasteiger partial charge in [-0.25, -0.2) is 4.79 Å². The van der Waals surface area contributed by atoms with E-state index in [2.05, 4.69) is 15.1 Å². The number of rotatable bonds is 5. The van der Waals surface area contributed by atoms with Crippen molar-refractivity contribution in [2.45, 2.75) is 45.8 Å². The van der Waals surface area contributed by atoms with Crippen molar-refractivity contribution in [3.8, 4) is 22.8 Å². The molecule has 4 aromatic rings. The molecule has 0 aliphatic carbocycles. The Morgan fingerprint density at radius 1 is 0.971 bits per heavy atom. The van der Waals surface area contributed by atoms with Gasteiger partial charge in [0.05, 0.1) is 34.5 Å². The Labute approximate surface area is 203 Å². The van der Waals surface area contributed by atoms with Crippen LogP contribution in [0.1, 0.15) is 45.0 Å². The number of fused-ring (bicyclic) bond motifs is 1. The number of pyridine rings is 1. The van der Waals surface area contributed by atoms with Gasteiger partial charge in [-0.1, -0.05) is 29.4 Å². The Balaban J connectivity index is 1.37. The molecule has 9 heteroatoms. The molecule has 8 nitrogen and oxygen atoms in total. The zero-order valence-corrected chi connectivity index (χ0v) is 20.4. The first kappa shape index (κ1) is 23.2. The quantitative estimate of drug-likeness (QED) is 0.312. The topological polar surface area (TPSA) is 96.6 Å². The third-order valence-electron chi connectivity index (χ3n) is 6.56. The molecular weight excluding hydrogens is 445 g/mol. The van der Waals surface area contributed by atoms with Crippen LogP contribution in [0.5, 0.6) is 0 Å². The van der Waals surface area contributed by atoms with E-state index in [1.807, 2.05) is 52.0 Å². The predicted octanol–water partition coefficient (Wildman–Crippen LogP) is 4.43. The van der Waals surface area contributed by atoms with E-state index in [0.29, 0.717) is 29.4 Å². The predicted molar refractivity (Wildman–Crippen MR) is 132 cm³/mol. The van der Waals surface area contributed by atoms with Crippen molar-refractivity contribution in [3.05, 3.63) is 60.3 Å². The summed E-state index contributed by atoms with van der Waals surface area (Å²) < 4.78 is 22.8. The summed E-state index contributed by atoms with van der Waals surface area (Å²) in [6.07, 6.45) is 1.71. The minimum Gasteiger partial charge on any atom is -0.462 e. The number of aromatic nitrogens is 3. The Morgan fingerprint density at radius 3 is 2.37 bits per heavy atom. The molecule has 0 saturated carbocycles. The number of esters is 1. The molecule has 0 N–H and O–H groups in total. The summed E-state index contributed by atoms with van der Waals surface area (Å²) in [6.45, 7) is 10.2. The van der Waals surface area contributed by atoms with Gasteiger partial charge in [0, 0.05) is 17.1 Å². The molecule has 3 heterocycles. The average Bonchev–Trinajstić information content (AvgIpc) is 3.41. The summed E-state index contributed by atoms with van der Waals surface area (Å²) in [7, 11) is -0.445. The minimum atomic E-state index is -0.445. The largest absolute Gasteiger partial charge is 0.494 e. The molecule has 0 radical (unpaired) electrons. The van der Waals surface area contributed by atoms with Crippen molar-refractivity contribution in [2.75, 3.05) is 6.61 Å². The van der Waals surface area contributed by atoms with E-state index >= 15 is 0 Å². The number of carbonyl (C=O) groups is 1. The van der Waals surface area contributed by atoms with Gasteiger partial charge < -0.3 is 18.6 Å². The second-order valence-corrected chi connectivity index (χ2v) is 9.49. The Bertz CT molecular complexity index is 1380. The summed E-state index contributed by atoms with van der Waals surface area (Å²) >= 11 is 0. The van der Waals surface area contributed by atoms with Crippen LogP contribution in [0.2, 0.25) is 0 Å². The van der Waals surface area contributed by atoms with Crippen molar-refractivity contribution in [2.24, 2.45) is 0 Å². The first-order valence-electron chi connectivity index (χ1n) is 11.5. The fraction of sp³-hybridized carbons (Fsp3) is 0.308. The van der Waals surface area contributed by atoms with Crippen LogP contribution < -0.4 is 5.46 Å². The van der Waals surface area contributed by atoms with Crippen LogP contribution in [0.15, 0.2) is 59.3 Å². The maximum atomic E-state index is 11.8. The molecule has 35 heavy (non-hydrogen) atoms. The molecule has 178 valence electrons. The summed E-state index contributed by atoms with van der Waals surface area (Å²) in [6, 6.07) is 14.8. The Morgan fingerprint density at radius 2 is 1.69 bits per heavy atom. The lowest BCUT2D eigenvalue weighted by Crippen LogP contribution is -2.41. The van der Waals surface area contributed by atoms with Crippen LogP contribution >= 0.6 is 0 Å². The molecule has 0 atom stereocenters. The van der Waals surface area contributed by atoms with Gasteiger partial charge >= 0.3 is 13.1 Å². The Kier molecular flexibility index (Phi) is 5.69. The van der Waals surface area contributed by atoms with Crippen LogP contribution in [0, 0.1) is 0 Å². The lowest BCUT2D eigenvalue weighted by atomic mass is 9.78. The van der Waals surface area contributed by atoms with E-state index < -0.39 is 18.3 Å². The molecule has 0 bridgehead atoms. The third-order valence-corrected chi connectivity index (χ3v) is 6.56. The van der Waals surface area contributed by atoms with Gasteiger partial charge in [-0.15, -0.1) is 0 Å². The first-order valence-corrected chi connectivity index (χ1v) is 11.5. The van der Waals surface area contributed by atoms with Crippen molar-refractivity contribution >= 4 is 29.5 Å².